The van der Waals surface area contributed by atoms with Gasteiger partial charge in [-0.15, -0.1) is 0 Å². The maximum Gasteiger partial charge on any atom is 0.0620 e. The third kappa shape index (κ3) is 2.30. The summed E-state index contributed by atoms with van der Waals surface area (Å²) in [7, 11) is 0. The first kappa shape index (κ1) is 9.62. The highest BCUT2D eigenvalue weighted by Crippen LogP contribution is 2.12. The van der Waals surface area contributed by atoms with E-state index in [9.17, 15) is 0 Å². The lowest BCUT2D eigenvalue weighted by atomic mass is 10.1. The van der Waals surface area contributed by atoms with Crippen molar-refractivity contribution < 1.29 is 4.74 Å². The van der Waals surface area contributed by atoms with Crippen LogP contribution in [-0.2, 0) is 4.74 Å². The summed E-state index contributed by atoms with van der Waals surface area (Å²) in [4.78, 5) is 4.32. The van der Waals surface area contributed by atoms with Gasteiger partial charge in [-0.2, -0.15) is 0 Å². The van der Waals surface area contributed by atoms with E-state index in [1.165, 1.54) is 0 Å². The second-order valence-electron chi connectivity index (χ2n) is 3.70. The molecule has 3 heteroatoms. The van der Waals surface area contributed by atoms with E-state index in [1.807, 2.05) is 24.4 Å². The van der Waals surface area contributed by atoms with E-state index in [1.54, 1.807) is 0 Å². The van der Waals surface area contributed by atoms with E-state index in [4.69, 9.17) is 4.74 Å². The molecule has 1 fully saturated rings. The van der Waals surface area contributed by atoms with Crippen LogP contribution in [-0.4, -0.2) is 24.2 Å². The van der Waals surface area contributed by atoms with Crippen LogP contribution < -0.4 is 5.32 Å². The zero-order valence-corrected chi connectivity index (χ0v) is 8.44. The standard InChI is InChI=1S/C11H16N2O/c1-9(11-4-2-3-6-12-11)13-10-5-7-14-8-10/h2-4,6,9-10,13H,5,7-8H2,1H3/t9-,10?/m1/s1. The number of pyridine rings is 1. The van der Waals surface area contributed by atoms with Gasteiger partial charge in [0, 0.05) is 24.9 Å². The number of hydrogen-bond acceptors (Lipinski definition) is 3. The number of ether oxygens (including phenoxy) is 1. The Balaban J connectivity index is 1.92. The third-order valence-electron chi connectivity index (χ3n) is 2.55. The number of nitrogens with zero attached hydrogens (tertiary/aromatic N) is 1. The van der Waals surface area contributed by atoms with Gasteiger partial charge in [0.1, 0.15) is 0 Å². The average Bonchev–Trinajstić information content (AvgIpc) is 2.72. The van der Waals surface area contributed by atoms with Crippen LogP contribution in [0.2, 0.25) is 0 Å². The molecule has 0 radical (unpaired) electrons. The average molecular weight is 192 g/mol. The molecule has 1 aliphatic heterocycles. The molecule has 0 aliphatic carbocycles. The fourth-order valence-electron chi connectivity index (χ4n) is 1.74. The molecule has 0 spiro atoms. The van der Waals surface area contributed by atoms with Gasteiger partial charge in [-0.3, -0.25) is 4.98 Å². The number of rotatable bonds is 3. The van der Waals surface area contributed by atoms with Gasteiger partial charge in [-0.1, -0.05) is 6.07 Å². The summed E-state index contributed by atoms with van der Waals surface area (Å²) in [5.74, 6) is 0. The third-order valence-corrected chi connectivity index (χ3v) is 2.55. The Labute approximate surface area is 84.5 Å². The highest BCUT2D eigenvalue weighted by Gasteiger charge is 2.18. The first-order valence-corrected chi connectivity index (χ1v) is 5.11. The molecule has 1 aliphatic rings. The predicted octanol–water partition coefficient (Wildman–Crippen LogP) is 1.52. The van der Waals surface area contributed by atoms with E-state index >= 15 is 0 Å². The van der Waals surface area contributed by atoms with Gasteiger partial charge in [0.25, 0.3) is 0 Å². The van der Waals surface area contributed by atoms with Crippen molar-refractivity contribution in [3.05, 3.63) is 30.1 Å². The molecule has 1 aromatic rings. The summed E-state index contributed by atoms with van der Waals surface area (Å²) in [6, 6.07) is 6.81. The number of nitrogens with one attached hydrogen (secondary N) is 1. The molecule has 0 amide bonds. The van der Waals surface area contributed by atoms with E-state index in [-0.39, 0.29) is 0 Å². The minimum atomic E-state index is 0.308. The lowest BCUT2D eigenvalue weighted by Gasteiger charge is -2.17. The molecule has 1 unspecified atom stereocenters. The molecule has 2 rings (SSSR count). The SMILES string of the molecule is C[C@@H](NC1CCOC1)c1ccccn1. The lowest BCUT2D eigenvalue weighted by molar-refractivity contribution is 0.188. The van der Waals surface area contributed by atoms with Crippen molar-refractivity contribution >= 4 is 0 Å². The molecule has 1 aromatic heterocycles. The van der Waals surface area contributed by atoms with Gasteiger partial charge in [0.05, 0.1) is 12.3 Å². The van der Waals surface area contributed by atoms with Gasteiger partial charge in [0.15, 0.2) is 0 Å². The Hall–Kier alpha value is -0.930. The van der Waals surface area contributed by atoms with Crippen LogP contribution in [0.3, 0.4) is 0 Å². The fourth-order valence-corrected chi connectivity index (χ4v) is 1.74. The lowest BCUT2D eigenvalue weighted by Crippen LogP contribution is -2.32. The first-order chi connectivity index (χ1) is 6.86. The number of aromatic nitrogens is 1. The molecule has 0 bridgehead atoms. The van der Waals surface area contributed by atoms with E-state index in [0.29, 0.717) is 12.1 Å². The van der Waals surface area contributed by atoms with Crippen molar-refractivity contribution in [3.8, 4) is 0 Å². The van der Waals surface area contributed by atoms with Crippen LogP contribution in [0.4, 0.5) is 0 Å². The van der Waals surface area contributed by atoms with Gasteiger partial charge in [-0.25, -0.2) is 0 Å². The molecule has 1 N–H and O–H groups in total. The minimum absolute atomic E-state index is 0.308. The Kier molecular flexibility index (Phi) is 3.11. The maximum absolute atomic E-state index is 5.31. The van der Waals surface area contributed by atoms with Crippen LogP contribution >= 0.6 is 0 Å². The van der Waals surface area contributed by atoms with Crippen LogP contribution in [0.15, 0.2) is 24.4 Å². The van der Waals surface area contributed by atoms with Crippen LogP contribution in [0.5, 0.6) is 0 Å². The molecule has 76 valence electrons. The van der Waals surface area contributed by atoms with Gasteiger partial charge >= 0.3 is 0 Å². The Morgan fingerprint density at radius 2 is 2.50 bits per heavy atom. The van der Waals surface area contributed by atoms with Crippen molar-refractivity contribution in [1.29, 1.82) is 0 Å². The summed E-state index contributed by atoms with van der Waals surface area (Å²) in [6.45, 7) is 3.85. The highest BCUT2D eigenvalue weighted by molar-refractivity contribution is 5.07. The molecule has 0 saturated carbocycles. The van der Waals surface area contributed by atoms with Crippen LogP contribution in [0.1, 0.15) is 25.1 Å². The summed E-state index contributed by atoms with van der Waals surface area (Å²) >= 11 is 0. The van der Waals surface area contributed by atoms with E-state index in [0.717, 1.165) is 25.3 Å². The predicted molar refractivity (Wildman–Crippen MR) is 55.0 cm³/mol. The minimum Gasteiger partial charge on any atom is -0.380 e. The summed E-state index contributed by atoms with van der Waals surface area (Å²) < 4.78 is 5.31. The number of hydrogen-bond donors (Lipinski definition) is 1. The molecule has 14 heavy (non-hydrogen) atoms. The Morgan fingerprint density at radius 1 is 1.57 bits per heavy atom. The molecule has 2 atom stereocenters. The second-order valence-corrected chi connectivity index (χ2v) is 3.70. The first-order valence-electron chi connectivity index (χ1n) is 5.11. The molecular formula is C11H16N2O. The van der Waals surface area contributed by atoms with Gasteiger partial charge < -0.3 is 10.1 Å². The highest BCUT2D eigenvalue weighted by atomic mass is 16.5. The van der Waals surface area contributed by atoms with Gasteiger partial charge in [0.2, 0.25) is 0 Å². The Bertz CT molecular complexity index is 270. The monoisotopic (exact) mass is 192 g/mol. The summed E-state index contributed by atoms with van der Waals surface area (Å²) in [5, 5.41) is 3.51. The zero-order valence-electron chi connectivity index (χ0n) is 8.44. The molecular weight excluding hydrogens is 176 g/mol. The second kappa shape index (κ2) is 4.53. The quantitative estimate of drug-likeness (QED) is 0.788. The van der Waals surface area contributed by atoms with E-state index in [2.05, 4.69) is 17.2 Å². The fraction of sp³-hybridized carbons (Fsp3) is 0.545. The molecule has 0 aromatic carbocycles. The molecule has 2 heterocycles. The zero-order chi connectivity index (χ0) is 9.80. The molecule has 1 saturated heterocycles. The molecule has 3 nitrogen and oxygen atoms in total. The maximum atomic E-state index is 5.31. The Morgan fingerprint density at radius 3 is 3.14 bits per heavy atom. The van der Waals surface area contributed by atoms with Gasteiger partial charge in [-0.05, 0) is 25.5 Å². The topological polar surface area (TPSA) is 34.1 Å². The summed E-state index contributed by atoms with van der Waals surface area (Å²) in [6.07, 6.45) is 2.94. The smallest absolute Gasteiger partial charge is 0.0620 e. The van der Waals surface area contributed by atoms with Crippen molar-refractivity contribution in [2.24, 2.45) is 0 Å². The van der Waals surface area contributed by atoms with Crippen molar-refractivity contribution in [1.82, 2.24) is 10.3 Å². The summed E-state index contributed by atoms with van der Waals surface area (Å²) in [5.41, 5.74) is 1.10. The van der Waals surface area contributed by atoms with Crippen LogP contribution in [0, 0.1) is 0 Å². The largest absolute Gasteiger partial charge is 0.380 e. The van der Waals surface area contributed by atoms with Crippen molar-refractivity contribution in [2.75, 3.05) is 13.2 Å². The van der Waals surface area contributed by atoms with E-state index < -0.39 is 0 Å². The normalized spacial score (nSPS) is 23.6. The van der Waals surface area contributed by atoms with Crippen LogP contribution in [0.25, 0.3) is 0 Å². The van der Waals surface area contributed by atoms with Crippen molar-refractivity contribution in [3.63, 3.8) is 0 Å². The van der Waals surface area contributed by atoms with Crippen molar-refractivity contribution in [2.45, 2.75) is 25.4 Å².